The van der Waals surface area contributed by atoms with Crippen LogP contribution < -0.4 is 11.1 Å². The molecule has 3 N–H and O–H groups in total. The first kappa shape index (κ1) is 20.3. The van der Waals surface area contributed by atoms with Crippen LogP contribution in [0.2, 0.25) is 0 Å². The second-order valence-electron chi connectivity index (χ2n) is 5.97. The monoisotopic (exact) mass is 425 g/mol. The summed E-state index contributed by atoms with van der Waals surface area (Å²) in [6.07, 6.45) is 1.34. The van der Waals surface area contributed by atoms with Crippen molar-refractivity contribution in [2.24, 2.45) is 5.73 Å². The molecule has 0 bridgehead atoms. The van der Waals surface area contributed by atoms with Gasteiger partial charge in [0.15, 0.2) is 5.82 Å². The molecule has 0 atom stereocenters. The molecule has 0 aliphatic heterocycles. The number of nitrogens with one attached hydrogen (secondary N) is 1. The average molecular weight is 425 g/mol. The number of hydrogen-bond acceptors (Lipinski definition) is 5. The van der Waals surface area contributed by atoms with Gasteiger partial charge >= 0.3 is 11.5 Å². The molecule has 29 heavy (non-hydrogen) atoms. The number of nitrogens with two attached hydrogens (primary N) is 1. The Morgan fingerprint density at radius 1 is 1.14 bits per heavy atom. The van der Waals surface area contributed by atoms with Crippen molar-refractivity contribution < 1.29 is 26.4 Å². The topological polar surface area (TPSA) is 120 Å². The number of urea groups is 1. The van der Waals surface area contributed by atoms with E-state index in [4.69, 9.17) is 5.73 Å². The summed E-state index contributed by atoms with van der Waals surface area (Å²) < 4.78 is 62.0. The highest BCUT2D eigenvalue weighted by Crippen LogP contribution is 2.30. The van der Waals surface area contributed by atoms with Crippen LogP contribution in [-0.4, -0.2) is 34.7 Å². The zero-order valence-corrected chi connectivity index (χ0v) is 15.6. The Hall–Kier alpha value is -3.41. The van der Waals surface area contributed by atoms with E-state index < -0.39 is 26.3 Å². The van der Waals surface area contributed by atoms with Gasteiger partial charge in [-0.25, -0.2) is 22.9 Å². The Morgan fingerprint density at radius 3 is 2.34 bits per heavy atom. The minimum atomic E-state index is -5.41. The molecule has 3 aromatic rings. The summed E-state index contributed by atoms with van der Waals surface area (Å²) in [5, 5.41) is 6.72. The summed E-state index contributed by atoms with van der Waals surface area (Å²) in [7, 11) is -5.41. The average Bonchev–Trinajstić information content (AvgIpc) is 3.12. The molecule has 1 aromatic heterocycles. The van der Waals surface area contributed by atoms with Crippen molar-refractivity contribution in [3.05, 3.63) is 54.4 Å². The molecule has 0 unspecified atom stereocenters. The molecular weight excluding hydrogens is 411 g/mol. The van der Waals surface area contributed by atoms with Gasteiger partial charge in [0.2, 0.25) is 0 Å². The Morgan fingerprint density at radius 2 is 1.79 bits per heavy atom. The number of anilines is 1. The summed E-state index contributed by atoms with van der Waals surface area (Å²) in [6.45, 7) is 1.76. The van der Waals surface area contributed by atoms with E-state index in [9.17, 15) is 26.4 Å². The number of rotatable bonds is 4. The van der Waals surface area contributed by atoms with Crippen molar-refractivity contribution in [3.8, 4) is 17.1 Å². The van der Waals surface area contributed by atoms with E-state index in [0.29, 0.717) is 22.8 Å². The number of benzene rings is 2. The normalized spacial score (nSPS) is 12.0. The van der Waals surface area contributed by atoms with Crippen LogP contribution in [0.3, 0.4) is 0 Å². The van der Waals surface area contributed by atoms with Crippen LogP contribution in [0, 0.1) is 6.92 Å². The second-order valence-corrected chi connectivity index (χ2v) is 7.92. The zero-order valence-electron chi connectivity index (χ0n) is 14.8. The number of carbonyl (C=O) groups is 1. The standard InChI is InChI=1S/C17H14F3N5O3S/c1-10-8-11(2-7-14(10)23-16(21)26)15-22-9-25(24-15)12-3-5-13(6-4-12)29(27,28)17(18,19)20/h2-9H,1H3,(H3,21,23,26). The number of amides is 2. The molecule has 12 heteroatoms. The van der Waals surface area contributed by atoms with Gasteiger partial charge in [0.05, 0.1) is 10.6 Å². The molecule has 0 fully saturated rings. The fraction of sp³-hybridized carbons (Fsp3) is 0.118. The summed E-state index contributed by atoms with van der Waals surface area (Å²) >= 11 is 0. The van der Waals surface area contributed by atoms with E-state index in [2.05, 4.69) is 15.4 Å². The number of aromatic nitrogens is 3. The highest BCUT2D eigenvalue weighted by atomic mass is 32.2. The van der Waals surface area contributed by atoms with Crippen LogP contribution in [0.25, 0.3) is 17.1 Å². The lowest BCUT2D eigenvalue weighted by atomic mass is 10.1. The molecule has 0 saturated carbocycles. The summed E-state index contributed by atoms with van der Waals surface area (Å²) in [6, 6.07) is 8.43. The molecule has 8 nitrogen and oxygen atoms in total. The molecule has 2 aromatic carbocycles. The SMILES string of the molecule is Cc1cc(-c2ncn(-c3ccc(S(=O)(=O)C(F)(F)F)cc3)n2)ccc1NC(N)=O. The largest absolute Gasteiger partial charge is 0.501 e. The molecule has 1 heterocycles. The van der Waals surface area contributed by atoms with E-state index in [0.717, 1.165) is 17.7 Å². The number of aryl methyl sites for hydroxylation is 1. The van der Waals surface area contributed by atoms with Crippen molar-refractivity contribution in [3.63, 3.8) is 0 Å². The maximum Gasteiger partial charge on any atom is 0.501 e. The minimum absolute atomic E-state index is 0.325. The number of hydrogen-bond donors (Lipinski definition) is 2. The molecular formula is C17H14F3N5O3S. The van der Waals surface area contributed by atoms with Crippen LogP contribution in [-0.2, 0) is 9.84 Å². The predicted molar refractivity (Wildman–Crippen MR) is 98.0 cm³/mol. The molecule has 0 saturated heterocycles. The number of primary amides is 1. The second kappa shape index (κ2) is 7.20. The maximum absolute atomic E-state index is 12.6. The van der Waals surface area contributed by atoms with Crippen LogP contribution in [0.15, 0.2) is 53.7 Å². The third-order valence-electron chi connectivity index (χ3n) is 3.95. The Balaban J connectivity index is 1.87. The van der Waals surface area contributed by atoms with Crippen LogP contribution in [0.1, 0.15) is 5.56 Å². The molecule has 0 spiro atoms. The molecule has 0 aliphatic carbocycles. The smallest absolute Gasteiger partial charge is 0.351 e. The van der Waals surface area contributed by atoms with Crippen molar-refractivity contribution in [1.82, 2.24) is 14.8 Å². The summed E-state index contributed by atoms with van der Waals surface area (Å²) in [5.41, 5.74) is 1.93. The van der Waals surface area contributed by atoms with E-state index in [1.54, 1.807) is 25.1 Å². The maximum atomic E-state index is 12.6. The van der Waals surface area contributed by atoms with E-state index in [1.807, 2.05) is 0 Å². The number of halogens is 3. The lowest BCUT2D eigenvalue weighted by molar-refractivity contribution is -0.0436. The van der Waals surface area contributed by atoms with Gasteiger partial charge in [0.1, 0.15) is 6.33 Å². The van der Waals surface area contributed by atoms with E-state index >= 15 is 0 Å². The van der Waals surface area contributed by atoms with Gasteiger partial charge in [-0.1, -0.05) is 0 Å². The first-order valence-corrected chi connectivity index (χ1v) is 9.48. The molecule has 0 aliphatic rings. The highest BCUT2D eigenvalue weighted by molar-refractivity contribution is 7.92. The highest BCUT2D eigenvalue weighted by Gasteiger charge is 2.46. The number of sulfone groups is 1. The first-order chi connectivity index (χ1) is 13.5. The number of carbonyl (C=O) groups excluding carboxylic acids is 1. The third kappa shape index (κ3) is 4.06. The van der Waals surface area contributed by atoms with Gasteiger partial charge in [-0.2, -0.15) is 13.2 Å². The predicted octanol–water partition coefficient (Wildman–Crippen LogP) is 3.03. The van der Waals surface area contributed by atoms with Gasteiger partial charge in [-0.3, -0.25) is 0 Å². The lowest BCUT2D eigenvalue weighted by Gasteiger charge is -2.08. The molecule has 152 valence electrons. The van der Waals surface area contributed by atoms with Crippen molar-refractivity contribution in [2.45, 2.75) is 17.3 Å². The quantitative estimate of drug-likeness (QED) is 0.666. The summed E-state index contributed by atoms with van der Waals surface area (Å²) in [4.78, 5) is 14.2. The van der Waals surface area contributed by atoms with Crippen molar-refractivity contribution in [1.29, 1.82) is 0 Å². The van der Waals surface area contributed by atoms with Gasteiger partial charge in [-0.05, 0) is 55.0 Å². The van der Waals surface area contributed by atoms with Gasteiger partial charge < -0.3 is 11.1 Å². The summed E-state index contributed by atoms with van der Waals surface area (Å²) in [5.74, 6) is 0.325. The van der Waals surface area contributed by atoms with Gasteiger partial charge in [-0.15, -0.1) is 5.10 Å². The van der Waals surface area contributed by atoms with Gasteiger partial charge in [0.25, 0.3) is 9.84 Å². The Kier molecular flexibility index (Phi) is 5.05. The Labute approximate surface area is 163 Å². The van der Waals surface area contributed by atoms with Crippen LogP contribution >= 0.6 is 0 Å². The van der Waals surface area contributed by atoms with Gasteiger partial charge in [0, 0.05) is 11.3 Å². The fourth-order valence-corrected chi connectivity index (χ4v) is 3.27. The minimum Gasteiger partial charge on any atom is -0.351 e. The molecule has 3 rings (SSSR count). The van der Waals surface area contributed by atoms with Crippen molar-refractivity contribution >= 4 is 21.6 Å². The number of alkyl halides is 3. The van der Waals surface area contributed by atoms with Crippen LogP contribution in [0.4, 0.5) is 23.7 Å². The third-order valence-corrected chi connectivity index (χ3v) is 5.45. The number of nitrogens with zero attached hydrogens (tertiary/aromatic N) is 3. The molecule has 0 radical (unpaired) electrons. The van der Waals surface area contributed by atoms with E-state index in [-0.39, 0.29) is 0 Å². The van der Waals surface area contributed by atoms with Crippen LogP contribution in [0.5, 0.6) is 0 Å². The van der Waals surface area contributed by atoms with Crippen molar-refractivity contribution in [2.75, 3.05) is 5.32 Å². The van der Waals surface area contributed by atoms with E-state index in [1.165, 1.54) is 23.1 Å². The first-order valence-electron chi connectivity index (χ1n) is 8.00. The Bertz CT molecular complexity index is 1170. The molecule has 2 amide bonds. The lowest BCUT2D eigenvalue weighted by Crippen LogP contribution is -2.23. The zero-order chi connectivity index (χ0) is 21.4. The fourth-order valence-electron chi connectivity index (χ4n) is 2.51.